The van der Waals surface area contributed by atoms with Crippen LogP contribution in [0.25, 0.3) is 0 Å². The Kier molecular flexibility index (Phi) is 3.23. The van der Waals surface area contributed by atoms with Gasteiger partial charge < -0.3 is 0 Å². The molecule has 1 atom stereocenters. The normalized spacial score (nSPS) is 17.9. The summed E-state index contributed by atoms with van der Waals surface area (Å²) in [5.41, 5.74) is 4.84. The molecule has 0 aliphatic rings. The number of rotatable bonds is 4. The second-order valence-electron chi connectivity index (χ2n) is 2.10. The van der Waals surface area contributed by atoms with E-state index in [1.165, 1.54) is 0 Å². The number of hydrogen-bond donors (Lipinski definition) is 6. The van der Waals surface area contributed by atoms with Crippen molar-refractivity contribution in [3.05, 3.63) is 0 Å². The molecule has 0 radical (unpaired) electrons. The van der Waals surface area contributed by atoms with Gasteiger partial charge in [-0.15, -0.1) is 0 Å². The van der Waals surface area contributed by atoms with Gasteiger partial charge in [0.2, 0.25) is 0 Å². The first-order chi connectivity index (χ1) is 5.08. The summed E-state index contributed by atoms with van der Waals surface area (Å²) in [6.07, 6.45) is 0. The average molecular weight is 223 g/mol. The summed E-state index contributed by atoms with van der Waals surface area (Å²) in [6.45, 7) is -0.888. The zero-order chi connectivity index (χ0) is 10.0. The maximum absolute atomic E-state index is 10.0. The van der Waals surface area contributed by atoms with E-state index in [1.807, 2.05) is 0 Å². The van der Waals surface area contributed by atoms with Gasteiger partial charge in [-0.25, -0.2) is 0 Å². The molecule has 0 saturated heterocycles. The van der Waals surface area contributed by atoms with Crippen molar-refractivity contribution in [2.24, 2.45) is 5.73 Å². The van der Waals surface area contributed by atoms with E-state index < -0.39 is 33.3 Å². The van der Waals surface area contributed by atoms with Gasteiger partial charge in [0.15, 0.2) is 0 Å². The molecule has 0 rings (SSSR count). The van der Waals surface area contributed by atoms with Crippen molar-refractivity contribution in [2.75, 3.05) is 6.61 Å². The number of nitrogens with two attached hydrogens (primary N) is 1. The third-order valence-corrected chi connectivity index (χ3v) is 1.76. The van der Waals surface area contributed by atoms with E-state index in [-0.39, 0.29) is 0 Å². The SMILES string of the molecule is N[C@@H](C[O][V]([OH])([OH])([OH])[OH])C(=O)O. The van der Waals surface area contributed by atoms with Gasteiger partial charge >= 0.3 is 68.7 Å². The van der Waals surface area contributed by atoms with E-state index >= 15 is 0 Å². The van der Waals surface area contributed by atoms with Crippen LogP contribution in [0.15, 0.2) is 0 Å². The molecule has 0 amide bonds. The monoisotopic (exact) mass is 223 g/mol. The van der Waals surface area contributed by atoms with Gasteiger partial charge in [0.05, 0.1) is 0 Å². The van der Waals surface area contributed by atoms with Gasteiger partial charge in [-0.2, -0.15) is 0 Å². The first kappa shape index (κ1) is 11.8. The van der Waals surface area contributed by atoms with E-state index in [0.29, 0.717) is 0 Å². The summed E-state index contributed by atoms with van der Waals surface area (Å²) in [7, 11) is 0. The fourth-order valence-electron chi connectivity index (χ4n) is 0.285. The molecule has 12 heavy (non-hydrogen) atoms. The maximum atomic E-state index is 10.0. The molecule has 0 aromatic carbocycles. The van der Waals surface area contributed by atoms with Gasteiger partial charge in [-0.3, -0.25) is 0 Å². The van der Waals surface area contributed by atoms with Crippen LogP contribution in [0.3, 0.4) is 0 Å². The first-order valence-corrected chi connectivity index (χ1v) is 5.80. The molecule has 0 aromatic heterocycles. The zero-order valence-electron chi connectivity index (χ0n) is 5.86. The van der Waals surface area contributed by atoms with Crippen LogP contribution in [0.2, 0.25) is 0 Å². The number of aliphatic carboxylic acids is 1. The fourth-order valence-corrected chi connectivity index (χ4v) is 0.952. The molecule has 0 aromatic rings. The van der Waals surface area contributed by atoms with Crippen LogP contribution < -0.4 is 5.73 Å². The van der Waals surface area contributed by atoms with Crippen molar-refractivity contribution in [2.45, 2.75) is 6.04 Å². The van der Waals surface area contributed by atoms with Crippen LogP contribution in [-0.2, 0) is 23.1 Å². The van der Waals surface area contributed by atoms with Crippen LogP contribution in [0, 0.1) is 0 Å². The first-order valence-electron chi connectivity index (χ1n) is 2.73. The Morgan fingerprint density at radius 3 is 2.08 bits per heavy atom. The van der Waals surface area contributed by atoms with Crippen molar-refractivity contribution < 1.29 is 44.3 Å². The molecule has 0 unspecified atom stereocenters. The Labute approximate surface area is 69.4 Å². The molecule has 74 valence electrons. The molecule has 0 bridgehead atoms. The average Bonchev–Trinajstić information content (AvgIpc) is 1.79. The fraction of sp³-hybridized carbons (Fsp3) is 0.667. The minimum absolute atomic E-state index is 0.888. The van der Waals surface area contributed by atoms with Gasteiger partial charge in [0.1, 0.15) is 0 Å². The summed E-state index contributed by atoms with van der Waals surface area (Å²) in [6, 6.07) is -1.54. The molecule has 0 aliphatic carbocycles. The summed E-state index contributed by atoms with van der Waals surface area (Å²) in [5, 5.41) is 8.15. The Bertz CT molecular complexity index is 176. The van der Waals surface area contributed by atoms with E-state index in [0.717, 1.165) is 0 Å². The summed E-state index contributed by atoms with van der Waals surface area (Å²) in [5.74, 6) is -1.45. The standard InChI is InChI=1S/C3H6NO3.4H2O.V/c4-2(1-5)3(6)7;;;;;/h2H,1,4H2,(H,6,7);4*1H2;/q-1;;;;;+5/p-4/t2-;;;;;/m0...../s1. The van der Waals surface area contributed by atoms with Crippen LogP contribution in [0.1, 0.15) is 0 Å². The van der Waals surface area contributed by atoms with Crippen molar-refractivity contribution in [3.8, 4) is 0 Å². The Morgan fingerprint density at radius 1 is 1.42 bits per heavy atom. The van der Waals surface area contributed by atoms with Crippen molar-refractivity contribution in [3.63, 3.8) is 0 Å². The van der Waals surface area contributed by atoms with Gasteiger partial charge in [-0.1, -0.05) is 0 Å². The van der Waals surface area contributed by atoms with Crippen molar-refractivity contribution in [1.29, 1.82) is 0 Å². The third kappa shape index (κ3) is 6.52. The third-order valence-electron chi connectivity index (χ3n) is 0.802. The Hall–Kier alpha value is -0.186. The van der Waals surface area contributed by atoms with E-state index in [4.69, 9.17) is 27.0 Å². The summed E-state index contributed by atoms with van der Waals surface area (Å²) < 4.78 is 36.9. The molecule has 0 heterocycles. The van der Waals surface area contributed by atoms with E-state index in [1.54, 1.807) is 0 Å². The predicted octanol–water partition coefficient (Wildman–Crippen LogP) is -3.35. The molecule has 0 aliphatic heterocycles. The van der Waals surface area contributed by atoms with Crippen LogP contribution >= 0.6 is 0 Å². The van der Waals surface area contributed by atoms with Crippen molar-refractivity contribution >= 4 is 5.97 Å². The van der Waals surface area contributed by atoms with Gasteiger partial charge in [0.25, 0.3) is 0 Å². The number of carboxylic acid groups (broad SMARTS) is 1. The van der Waals surface area contributed by atoms with E-state index in [2.05, 4.69) is 3.66 Å². The second-order valence-corrected chi connectivity index (χ2v) is 5.20. The van der Waals surface area contributed by atoms with Crippen LogP contribution in [0.4, 0.5) is 0 Å². The molecule has 0 saturated carbocycles. The summed E-state index contributed by atoms with van der Waals surface area (Å²) in [4.78, 5) is 10.0. The van der Waals surface area contributed by atoms with Gasteiger partial charge in [0, 0.05) is 0 Å². The van der Waals surface area contributed by atoms with Crippen molar-refractivity contribution in [1.82, 2.24) is 0 Å². The quantitative estimate of drug-likeness (QED) is 0.289. The zero-order valence-corrected chi connectivity index (χ0v) is 7.26. The molecular formula is C3H10NO7V. The molecular weight excluding hydrogens is 213 g/mol. The predicted molar refractivity (Wildman–Crippen MR) is 30.4 cm³/mol. The molecule has 8 nitrogen and oxygen atoms in total. The second kappa shape index (κ2) is 3.28. The van der Waals surface area contributed by atoms with Crippen LogP contribution in [-0.4, -0.2) is 39.9 Å². The van der Waals surface area contributed by atoms with Gasteiger partial charge in [-0.05, 0) is 0 Å². The molecule has 0 fully saturated rings. The number of carbonyl (C=O) groups is 1. The van der Waals surface area contributed by atoms with E-state index in [9.17, 15) is 4.79 Å². The molecule has 0 spiro atoms. The number of hydrogen-bond acceptors (Lipinski definition) is 7. The molecule has 7 N–H and O–H groups in total. The summed E-state index contributed by atoms with van der Waals surface area (Å²) >= 11 is -6.56. The Balaban J connectivity index is 3.93. The topological polar surface area (TPSA) is 153 Å². The molecule has 9 heteroatoms. The Morgan fingerprint density at radius 2 is 1.83 bits per heavy atom. The number of carboxylic acids is 1. The van der Waals surface area contributed by atoms with Crippen LogP contribution in [0.5, 0.6) is 0 Å². The minimum atomic E-state index is -6.56.